The van der Waals surface area contributed by atoms with Gasteiger partial charge in [-0.1, -0.05) is 0 Å². The zero-order valence-electron chi connectivity index (χ0n) is 8.11. The molecule has 0 aromatic heterocycles. The predicted molar refractivity (Wildman–Crippen MR) is 48.6 cm³/mol. The van der Waals surface area contributed by atoms with Crippen LogP contribution in [-0.2, 0) is 0 Å². The highest BCUT2D eigenvalue weighted by Crippen LogP contribution is 2.37. The minimum absolute atomic E-state index is 0.0962. The molecule has 2 aliphatic rings. The van der Waals surface area contributed by atoms with Gasteiger partial charge >= 0.3 is 0 Å². The van der Waals surface area contributed by atoms with Crippen LogP contribution in [0.4, 0.5) is 0 Å². The third-order valence-electron chi connectivity index (χ3n) is 3.49. The largest absolute Gasteiger partial charge is 0.395 e. The average molecular weight is 203 g/mol. The van der Waals surface area contributed by atoms with Gasteiger partial charge in [-0.05, 0) is 13.3 Å². The van der Waals surface area contributed by atoms with E-state index >= 15 is 0 Å². The van der Waals surface area contributed by atoms with Gasteiger partial charge in [-0.3, -0.25) is 4.90 Å². The summed E-state index contributed by atoms with van der Waals surface area (Å²) in [6, 6.07) is -0.766. The van der Waals surface area contributed by atoms with Gasteiger partial charge in [-0.2, -0.15) is 0 Å². The molecular weight excluding hydrogens is 186 g/mol. The van der Waals surface area contributed by atoms with Crippen LogP contribution in [0.2, 0.25) is 0 Å². The molecule has 2 aliphatic heterocycles. The molecule has 0 spiro atoms. The maximum Gasteiger partial charge on any atom is 0.0995 e. The fourth-order valence-electron chi connectivity index (χ4n) is 2.86. The molecule has 5 heteroatoms. The highest BCUT2D eigenvalue weighted by molar-refractivity contribution is 5.09. The Balaban J connectivity index is 2.25. The molecule has 0 aromatic rings. The van der Waals surface area contributed by atoms with E-state index in [0.717, 1.165) is 0 Å². The molecule has 82 valence electrons. The third kappa shape index (κ3) is 1.20. The number of aliphatic hydroxyl groups is 4. The summed E-state index contributed by atoms with van der Waals surface area (Å²) < 4.78 is 0. The van der Waals surface area contributed by atoms with Crippen molar-refractivity contribution in [1.29, 1.82) is 0 Å². The van der Waals surface area contributed by atoms with E-state index in [9.17, 15) is 15.3 Å². The lowest BCUT2D eigenvalue weighted by Gasteiger charge is -2.27. The Morgan fingerprint density at radius 1 is 1.21 bits per heavy atom. The molecule has 0 amide bonds. The number of nitrogens with zero attached hydrogens (tertiary/aromatic N) is 1. The second-order valence-corrected chi connectivity index (χ2v) is 4.32. The van der Waals surface area contributed by atoms with E-state index in [1.807, 2.05) is 11.8 Å². The molecule has 6 atom stereocenters. The molecule has 0 bridgehead atoms. The van der Waals surface area contributed by atoms with E-state index in [-0.39, 0.29) is 12.6 Å². The van der Waals surface area contributed by atoms with E-state index in [1.54, 1.807) is 0 Å². The Hall–Kier alpha value is -0.200. The van der Waals surface area contributed by atoms with Gasteiger partial charge < -0.3 is 20.4 Å². The second-order valence-electron chi connectivity index (χ2n) is 4.32. The van der Waals surface area contributed by atoms with E-state index in [2.05, 4.69) is 0 Å². The van der Waals surface area contributed by atoms with Gasteiger partial charge in [0.15, 0.2) is 0 Å². The lowest BCUT2D eigenvalue weighted by atomic mass is 10.0. The molecule has 2 rings (SSSR count). The van der Waals surface area contributed by atoms with Crippen molar-refractivity contribution in [3.8, 4) is 0 Å². The SMILES string of the molecule is CC1CC(O)C2C(O)C(O)C(CO)N12. The van der Waals surface area contributed by atoms with Crippen LogP contribution < -0.4 is 0 Å². The second kappa shape index (κ2) is 3.43. The molecule has 0 aromatic carbocycles. The van der Waals surface area contributed by atoms with Crippen LogP contribution in [0.25, 0.3) is 0 Å². The number of fused-ring (bicyclic) bond motifs is 1. The quantitative estimate of drug-likeness (QED) is 0.392. The van der Waals surface area contributed by atoms with Gasteiger partial charge in [-0.25, -0.2) is 0 Å². The summed E-state index contributed by atoms with van der Waals surface area (Å²) in [6.07, 6.45) is -1.92. The minimum atomic E-state index is -0.956. The Labute approximate surface area is 82.6 Å². The van der Waals surface area contributed by atoms with Crippen LogP contribution in [0.15, 0.2) is 0 Å². The first-order valence-electron chi connectivity index (χ1n) is 5.00. The van der Waals surface area contributed by atoms with Crippen molar-refractivity contribution in [3.63, 3.8) is 0 Å². The van der Waals surface area contributed by atoms with E-state index in [0.29, 0.717) is 6.42 Å². The maximum absolute atomic E-state index is 9.69. The Kier molecular flexibility index (Phi) is 2.53. The first kappa shape index (κ1) is 10.3. The number of hydrogen-bond acceptors (Lipinski definition) is 5. The van der Waals surface area contributed by atoms with Crippen LogP contribution >= 0.6 is 0 Å². The van der Waals surface area contributed by atoms with Gasteiger partial charge in [0.1, 0.15) is 0 Å². The van der Waals surface area contributed by atoms with Gasteiger partial charge in [-0.15, -0.1) is 0 Å². The molecule has 6 unspecified atom stereocenters. The van der Waals surface area contributed by atoms with Gasteiger partial charge in [0.25, 0.3) is 0 Å². The first-order chi connectivity index (χ1) is 6.57. The zero-order chi connectivity index (χ0) is 10.5. The smallest absolute Gasteiger partial charge is 0.0995 e. The molecule has 4 N–H and O–H groups in total. The standard InChI is InChI=1S/C9H17NO4/c1-4-2-6(12)7-9(14)8(13)5(3-11)10(4)7/h4-9,11-14H,2-3H2,1H3. The maximum atomic E-state index is 9.69. The molecule has 2 fully saturated rings. The van der Waals surface area contributed by atoms with Gasteiger partial charge in [0.2, 0.25) is 0 Å². The number of hydrogen-bond donors (Lipinski definition) is 4. The molecule has 0 radical (unpaired) electrons. The summed E-state index contributed by atoms with van der Waals surface area (Å²) in [6.45, 7) is 1.74. The van der Waals surface area contributed by atoms with Crippen LogP contribution in [-0.4, -0.2) is 68.4 Å². The van der Waals surface area contributed by atoms with Crippen molar-refractivity contribution in [2.75, 3.05) is 6.61 Å². The zero-order valence-corrected chi connectivity index (χ0v) is 8.11. The Bertz CT molecular complexity index is 225. The fraction of sp³-hybridized carbons (Fsp3) is 1.00. The van der Waals surface area contributed by atoms with Crippen molar-refractivity contribution in [2.45, 2.75) is 49.8 Å². The minimum Gasteiger partial charge on any atom is -0.395 e. The van der Waals surface area contributed by atoms with Crippen molar-refractivity contribution in [1.82, 2.24) is 4.90 Å². The Morgan fingerprint density at radius 3 is 2.43 bits per heavy atom. The summed E-state index contributed by atoms with van der Waals surface area (Å²) in [5.41, 5.74) is 0. The summed E-state index contributed by atoms with van der Waals surface area (Å²) in [5.74, 6) is 0. The molecule has 14 heavy (non-hydrogen) atoms. The summed E-state index contributed by atoms with van der Waals surface area (Å²) in [4.78, 5) is 1.83. The van der Waals surface area contributed by atoms with Crippen molar-refractivity contribution in [2.24, 2.45) is 0 Å². The summed E-state index contributed by atoms with van der Waals surface area (Å²) >= 11 is 0. The molecule has 2 saturated heterocycles. The first-order valence-corrected chi connectivity index (χ1v) is 5.00. The molecule has 0 aliphatic carbocycles. The monoisotopic (exact) mass is 203 g/mol. The Morgan fingerprint density at radius 2 is 1.86 bits per heavy atom. The molecule has 5 nitrogen and oxygen atoms in total. The van der Waals surface area contributed by atoms with Crippen LogP contribution in [0.3, 0.4) is 0 Å². The summed E-state index contributed by atoms with van der Waals surface area (Å²) in [5, 5.41) is 38.1. The summed E-state index contributed by atoms with van der Waals surface area (Å²) in [7, 11) is 0. The van der Waals surface area contributed by atoms with Crippen molar-refractivity contribution in [3.05, 3.63) is 0 Å². The highest BCUT2D eigenvalue weighted by atomic mass is 16.3. The average Bonchev–Trinajstić information content (AvgIpc) is 2.55. The number of rotatable bonds is 1. The van der Waals surface area contributed by atoms with Crippen LogP contribution in [0.1, 0.15) is 13.3 Å². The van der Waals surface area contributed by atoms with Crippen LogP contribution in [0.5, 0.6) is 0 Å². The predicted octanol–water partition coefficient (Wildman–Crippen LogP) is -2.09. The molecular formula is C9H17NO4. The highest BCUT2D eigenvalue weighted by Gasteiger charge is 2.55. The van der Waals surface area contributed by atoms with Crippen molar-refractivity contribution < 1.29 is 20.4 Å². The molecule has 2 heterocycles. The van der Waals surface area contributed by atoms with E-state index < -0.39 is 30.4 Å². The van der Waals surface area contributed by atoms with Gasteiger partial charge in [0, 0.05) is 6.04 Å². The molecule has 0 saturated carbocycles. The number of aliphatic hydroxyl groups excluding tert-OH is 4. The third-order valence-corrected chi connectivity index (χ3v) is 3.49. The van der Waals surface area contributed by atoms with Gasteiger partial charge in [0.05, 0.1) is 37.0 Å². The lowest BCUT2D eigenvalue weighted by Crippen LogP contribution is -2.43. The topological polar surface area (TPSA) is 84.2 Å². The van der Waals surface area contributed by atoms with Crippen LogP contribution in [0, 0.1) is 0 Å². The lowest BCUT2D eigenvalue weighted by molar-refractivity contribution is -0.00155. The van der Waals surface area contributed by atoms with E-state index in [1.165, 1.54) is 0 Å². The normalized spacial score (nSPS) is 53.8. The van der Waals surface area contributed by atoms with E-state index in [4.69, 9.17) is 5.11 Å². The van der Waals surface area contributed by atoms with Crippen molar-refractivity contribution >= 4 is 0 Å². The fourth-order valence-corrected chi connectivity index (χ4v) is 2.86.